The van der Waals surface area contributed by atoms with E-state index in [9.17, 15) is 4.79 Å². The van der Waals surface area contributed by atoms with Gasteiger partial charge in [-0.3, -0.25) is 0 Å². The summed E-state index contributed by atoms with van der Waals surface area (Å²) in [6.07, 6.45) is 14.7. The van der Waals surface area contributed by atoms with Gasteiger partial charge < -0.3 is 9.32 Å². The number of allylic oxidation sites excluding steroid dienone is 5. The van der Waals surface area contributed by atoms with Crippen LogP contribution in [0.4, 0.5) is 0 Å². The summed E-state index contributed by atoms with van der Waals surface area (Å²) in [7, 11) is 0. The molecule has 3 nitrogen and oxygen atoms in total. The summed E-state index contributed by atoms with van der Waals surface area (Å²) in [6, 6.07) is 10.6. The summed E-state index contributed by atoms with van der Waals surface area (Å²) in [6.45, 7) is 1.01. The van der Waals surface area contributed by atoms with Crippen LogP contribution >= 0.6 is 0 Å². The Morgan fingerprint density at radius 3 is 2.81 bits per heavy atom. The molecule has 21 heavy (non-hydrogen) atoms. The molecule has 3 heteroatoms. The normalized spacial score (nSPS) is 15.2. The molecule has 0 radical (unpaired) electrons. The van der Waals surface area contributed by atoms with Crippen LogP contribution < -0.4 is 5.63 Å². The molecule has 2 aliphatic rings. The standard InChI is InChI=1S/C9H9N.C9H6O2/c1-3-7-10-8-4-2-6-9(10)5-1;10-9-6-5-7-3-1-2-4-8(7)11-9/h1-7H,8H2;1-6H. The molecule has 1 aromatic carbocycles. The highest BCUT2D eigenvalue weighted by Gasteiger charge is 2.05. The fourth-order valence-electron chi connectivity index (χ4n) is 2.16. The molecular weight excluding hydrogens is 262 g/mol. The summed E-state index contributed by atoms with van der Waals surface area (Å²) >= 11 is 0. The SMILES string of the molecule is C1=CCN2C=CC=CC2=C1.O=c1ccc2ccccc2o1. The van der Waals surface area contributed by atoms with E-state index in [-0.39, 0.29) is 5.63 Å². The lowest BCUT2D eigenvalue weighted by atomic mass is 10.2. The van der Waals surface area contributed by atoms with Crippen molar-refractivity contribution in [2.75, 3.05) is 6.54 Å². The lowest BCUT2D eigenvalue weighted by molar-refractivity contribution is 0.523. The quantitative estimate of drug-likeness (QED) is 0.690. The van der Waals surface area contributed by atoms with Crippen LogP contribution in [-0.4, -0.2) is 11.4 Å². The van der Waals surface area contributed by atoms with Crippen molar-refractivity contribution >= 4 is 11.0 Å². The Kier molecular flexibility index (Phi) is 3.83. The molecule has 0 bridgehead atoms. The van der Waals surface area contributed by atoms with Gasteiger partial charge in [-0.05, 0) is 30.4 Å². The fraction of sp³-hybridized carbons (Fsp3) is 0.0556. The highest BCUT2D eigenvalue weighted by atomic mass is 16.4. The first kappa shape index (κ1) is 13.2. The average molecular weight is 277 g/mol. The third kappa shape index (κ3) is 3.20. The Morgan fingerprint density at radius 1 is 1.00 bits per heavy atom. The van der Waals surface area contributed by atoms with Crippen LogP contribution in [0, 0.1) is 0 Å². The van der Waals surface area contributed by atoms with Crippen molar-refractivity contribution in [2.45, 2.75) is 0 Å². The van der Waals surface area contributed by atoms with Gasteiger partial charge in [0.25, 0.3) is 0 Å². The van der Waals surface area contributed by atoms with Crippen LogP contribution in [0.1, 0.15) is 0 Å². The Morgan fingerprint density at radius 2 is 1.90 bits per heavy atom. The Labute approximate surface area is 122 Å². The smallest absolute Gasteiger partial charge is 0.336 e. The number of hydrogen-bond donors (Lipinski definition) is 0. The first-order chi connectivity index (χ1) is 10.3. The lowest BCUT2D eigenvalue weighted by Crippen LogP contribution is -2.18. The van der Waals surface area contributed by atoms with Gasteiger partial charge in [0.05, 0.1) is 0 Å². The summed E-state index contributed by atoms with van der Waals surface area (Å²) in [5, 5.41) is 0.951. The molecule has 3 heterocycles. The number of fused-ring (bicyclic) bond motifs is 2. The first-order valence-electron chi connectivity index (χ1n) is 6.80. The Balaban J connectivity index is 0.000000126. The number of para-hydroxylation sites is 1. The Bertz CT molecular complexity index is 809. The summed E-state index contributed by atoms with van der Waals surface area (Å²) in [5.74, 6) is 0. The zero-order valence-corrected chi connectivity index (χ0v) is 11.5. The van der Waals surface area contributed by atoms with Crippen molar-refractivity contribution in [3.05, 3.63) is 95.2 Å². The number of rotatable bonds is 0. The summed E-state index contributed by atoms with van der Waals surface area (Å²) in [4.78, 5) is 12.9. The molecule has 2 aliphatic heterocycles. The Hall–Kier alpha value is -2.81. The number of hydrogen-bond acceptors (Lipinski definition) is 3. The fourth-order valence-corrected chi connectivity index (χ4v) is 2.16. The van der Waals surface area contributed by atoms with E-state index < -0.39 is 0 Å². The lowest BCUT2D eigenvalue weighted by Gasteiger charge is -2.23. The van der Waals surface area contributed by atoms with Gasteiger partial charge in [-0.25, -0.2) is 4.79 Å². The molecule has 104 valence electrons. The van der Waals surface area contributed by atoms with E-state index in [2.05, 4.69) is 47.6 Å². The minimum Gasteiger partial charge on any atom is -0.423 e. The molecule has 0 unspecified atom stereocenters. The maximum atomic E-state index is 10.7. The van der Waals surface area contributed by atoms with Gasteiger partial charge in [0, 0.05) is 29.9 Å². The van der Waals surface area contributed by atoms with E-state index in [0.29, 0.717) is 5.58 Å². The van der Waals surface area contributed by atoms with Crippen LogP contribution in [0.2, 0.25) is 0 Å². The molecule has 1 aromatic heterocycles. The van der Waals surface area contributed by atoms with Crippen LogP contribution in [0.15, 0.2) is 94.0 Å². The van der Waals surface area contributed by atoms with Crippen molar-refractivity contribution in [1.29, 1.82) is 0 Å². The van der Waals surface area contributed by atoms with Crippen molar-refractivity contribution < 1.29 is 4.42 Å². The van der Waals surface area contributed by atoms with E-state index in [1.807, 2.05) is 18.2 Å². The third-order valence-electron chi connectivity index (χ3n) is 3.21. The molecule has 0 saturated heterocycles. The number of benzene rings is 1. The molecule has 0 N–H and O–H groups in total. The molecule has 0 spiro atoms. The monoisotopic (exact) mass is 277 g/mol. The van der Waals surface area contributed by atoms with Gasteiger partial charge in [-0.15, -0.1) is 0 Å². The predicted octanol–water partition coefficient (Wildman–Crippen LogP) is 3.62. The summed E-state index contributed by atoms with van der Waals surface area (Å²) < 4.78 is 4.91. The van der Waals surface area contributed by atoms with Gasteiger partial charge in [-0.1, -0.05) is 36.4 Å². The highest BCUT2D eigenvalue weighted by molar-refractivity contribution is 5.75. The maximum Gasteiger partial charge on any atom is 0.336 e. The van der Waals surface area contributed by atoms with Crippen LogP contribution in [0.25, 0.3) is 11.0 Å². The second-order valence-corrected chi connectivity index (χ2v) is 4.66. The van der Waals surface area contributed by atoms with Gasteiger partial charge in [0.15, 0.2) is 0 Å². The van der Waals surface area contributed by atoms with Crippen molar-refractivity contribution in [3.8, 4) is 0 Å². The van der Waals surface area contributed by atoms with Crippen LogP contribution in [0.3, 0.4) is 0 Å². The topological polar surface area (TPSA) is 33.5 Å². The predicted molar refractivity (Wildman–Crippen MR) is 84.7 cm³/mol. The highest BCUT2D eigenvalue weighted by Crippen LogP contribution is 2.14. The van der Waals surface area contributed by atoms with E-state index >= 15 is 0 Å². The van der Waals surface area contributed by atoms with E-state index in [4.69, 9.17) is 4.42 Å². The second kappa shape index (κ2) is 6.09. The number of nitrogens with zero attached hydrogens (tertiary/aromatic N) is 1. The minimum absolute atomic E-state index is 0.302. The molecule has 0 amide bonds. The van der Waals surface area contributed by atoms with Crippen molar-refractivity contribution in [2.24, 2.45) is 0 Å². The zero-order valence-electron chi connectivity index (χ0n) is 11.5. The van der Waals surface area contributed by atoms with E-state index in [0.717, 1.165) is 11.9 Å². The molecule has 0 aliphatic carbocycles. The van der Waals surface area contributed by atoms with E-state index in [1.165, 1.54) is 11.8 Å². The molecule has 0 saturated carbocycles. The molecule has 0 atom stereocenters. The van der Waals surface area contributed by atoms with Crippen molar-refractivity contribution in [3.63, 3.8) is 0 Å². The average Bonchev–Trinajstić information content (AvgIpc) is 2.55. The van der Waals surface area contributed by atoms with Gasteiger partial charge >= 0.3 is 5.63 Å². The van der Waals surface area contributed by atoms with Crippen molar-refractivity contribution in [1.82, 2.24) is 4.90 Å². The van der Waals surface area contributed by atoms with Gasteiger partial charge in [0.2, 0.25) is 0 Å². The first-order valence-corrected chi connectivity index (χ1v) is 6.80. The third-order valence-corrected chi connectivity index (χ3v) is 3.21. The molecule has 0 fully saturated rings. The van der Waals surface area contributed by atoms with Crippen LogP contribution in [-0.2, 0) is 0 Å². The van der Waals surface area contributed by atoms with Gasteiger partial charge in [-0.2, -0.15) is 0 Å². The van der Waals surface area contributed by atoms with E-state index in [1.54, 1.807) is 12.1 Å². The zero-order chi connectivity index (χ0) is 14.5. The summed E-state index contributed by atoms with van der Waals surface area (Å²) in [5.41, 5.74) is 1.62. The minimum atomic E-state index is -0.302. The second-order valence-electron chi connectivity index (χ2n) is 4.66. The molecular formula is C18H15NO2. The van der Waals surface area contributed by atoms with Gasteiger partial charge in [0.1, 0.15) is 5.58 Å². The largest absolute Gasteiger partial charge is 0.423 e. The maximum absolute atomic E-state index is 10.7. The molecule has 4 rings (SSSR count). The van der Waals surface area contributed by atoms with Crippen LogP contribution in [0.5, 0.6) is 0 Å². The molecule has 2 aromatic rings.